The molecule has 0 saturated carbocycles. The van der Waals surface area contributed by atoms with Gasteiger partial charge in [-0.2, -0.15) is 0 Å². The summed E-state index contributed by atoms with van der Waals surface area (Å²) in [5.41, 5.74) is 8.90. The quantitative estimate of drug-likeness (QED) is 0.214. The minimum Gasteiger partial charge on any atom is -0.206 e. The van der Waals surface area contributed by atoms with Crippen LogP contribution in [0.3, 0.4) is 0 Å². The van der Waals surface area contributed by atoms with Gasteiger partial charge in [0.1, 0.15) is 11.6 Å². The zero-order valence-corrected chi connectivity index (χ0v) is 28.3. The summed E-state index contributed by atoms with van der Waals surface area (Å²) >= 11 is 6.18. The third-order valence-corrected chi connectivity index (χ3v) is 8.92. The van der Waals surface area contributed by atoms with Crippen LogP contribution in [0.15, 0.2) is 79.4 Å². The van der Waals surface area contributed by atoms with Crippen molar-refractivity contribution in [2.45, 2.75) is 81.1 Å². The van der Waals surface area contributed by atoms with Crippen LogP contribution in [0.2, 0.25) is 5.02 Å². The molecule has 0 aliphatic heterocycles. The smallest absolute Gasteiger partial charge is 0.131 e. The zero-order chi connectivity index (χ0) is 32.3. The molecule has 2 unspecified atom stereocenters. The molecule has 0 aliphatic rings. The molecule has 0 saturated heterocycles. The highest BCUT2D eigenvalue weighted by atomic mass is 35.5. The zero-order valence-electron chi connectivity index (χ0n) is 27.5. The Kier molecular flexibility index (Phi) is 10.8. The van der Waals surface area contributed by atoms with Crippen LogP contribution in [-0.4, -0.2) is 0 Å². The number of aryl methyl sites for hydroxylation is 2. The Balaban J connectivity index is 0.000000236. The van der Waals surface area contributed by atoms with E-state index in [0.29, 0.717) is 22.1 Å². The average Bonchev–Trinajstić information content (AvgIpc) is 2.94. The third kappa shape index (κ3) is 8.45. The normalized spacial score (nSPS) is 13.1. The van der Waals surface area contributed by atoms with Gasteiger partial charge in [0.05, 0.1) is 0 Å². The second kappa shape index (κ2) is 13.6. The van der Waals surface area contributed by atoms with E-state index in [1.165, 1.54) is 11.6 Å². The lowest BCUT2D eigenvalue weighted by atomic mass is 9.75. The fraction of sp³-hybridized carbons (Fsp3) is 0.350. The molecule has 3 heteroatoms. The van der Waals surface area contributed by atoms with Crippen molar-refractivity contribution in [1.82, 2.24) is 0 Å². The van der Waals surface area contributed by atoms with Gasteiger partial charge in [-0.15, -0.1) is 0 Å². The van der Waals surface area contributed by atoms with E-state index in [1.807, 2.05) is 68.5 Å². The van der Waals surface area contributed by atoms with E-state index in [0.717, 1.165) is 33.4 Å². The molecule has 4 rings (SSSR count). The second-order valence-corrected chi connectivity index (χ2v) is 14.4. The summed E-state index contributed by atoms with van der Waals surface area (Å²) in [7, 11) is 0. The highest BCUT2D eigenvalue weighted by Crippen LogP contribution is 2.42. The molecule has 0 radical (unpaired) electrons. The van der Waals surface area contributed by atoms with Crippen molar-refractivity contribution >= 4 is 17.7 Å². The molecule has 0 heterocycles. The molecule has 0 amide bonds. The summed E-state index contributed by atoms with van der Waals surface area (Å²) in [5, 5.41) is 0.693. The Morgan fingerprint density at radius 2 is 1.02 bits per heavy atom. The number of benzene rings is 4. The van der Waals surface area contributed by atoms with Crippen LogP contribution < -0.4 is 0 Å². The lowest BCUT2D eigenvalue weighted by Gasteiger charge is -2.30. The lowest BCUT2D eigenvalue weighted by molar-refractivity contribution is 0.340. The summed E-state index contributed by atoms with van der Waals surface area (Å²) in [4.78, 5) is 0. The maximum atomic E-state index is 14.4. The highest BCUT2D eigenvalue weighted by molar-refractivity contribution is 6.30. The summed E-state index contributed by atoms with van der Waals surface area (Å²) < 4.78 is 28.6. The predicted molar refractivity (Wildman–Crippen MR) is 184 cm³/mol. The van der Waals surface area contributed by atoms with Gasteiger partial charge in [-0.1, -0.05) is 127 Å². The topological polar surface area (TPSA) is 0 Å². The van der Waals surface area contributed by atoms with Gasteiger partial charge in [0.25, 0.3) is 0 Å². The van der Waals surface area contributed by atoms with Gasteiger partial charge in [-0.05, 0) is 101 Å². The summed E-state index contributed by atoms with van der Waals surface area (Å²) in [6, 6.07) is 22.4. The van der Waals surface area contributed by atoms with Crippen LogP contribution in [0.4, 0.5) is 8.78 Å². The molecule has 2 atom stereocenters. The molecule has 43 heavy (non-hydrogen) atoms. The van der Waals surface area contributed by atoms with Crippen molar-refractivity contribution in [1.29, 1.82) is 0 Å². The average molecular weight is 601 g/mol. The maximum absolute atomic E-state index is 14.4. The Hall–Kier alpha value is -3.23. The van der Waals surface area contributed by atoms with Crippen LogP contribution in [0.5, 0.6) is 0 Å². The third-order valence-electron chi connectivity index (χ3n) is 8.68. The molecular formula is C40H47ClF2. The van der Waals surface area contributed by atoms with Crippen molar-refractivity contribution < 1.29 is 8.78 Å². The van der Waals surface area contributed by atoms with Gasteiger partial charge < -0.3 is 0 Å². The number of rotatable bonds is 5. The molecule has 0 spiro atoms. The van der Waals surface area contributed by atoms with Crippen molar-refractivity contribution in [3.63, 3.8) is 0 Å². The van der Waals surface area contributed by atoms with E-state index in [1.54, 1.807) is 12.1 Å². The van der Waals surface area contributed by atoms with Gasteiger partial charge in [0.2, 0.25) is 0 Å². The van der Waals surface area contributed by atoms with Crippen LogP contribution in [0, 0.1) is 36.3 Å². The Morgan fingerprint density at radius 3 is 1.44 bits per heavy atom. The molecular weight excluding hydrogens is 554 g/mol. The van der Waals surface area contributed by atoms with Crippen molar-refractivity contribution in [2.24, 2.45) is 10.8 Å². The molecule has 0 N–H and O–H groups in total. The molecule has 0 bridgehead atoms. The van der Waals surface area contributed by atoms with Crippen LogP contribution in [-0.2, 0) is 0 Å². The fourth-order valence-corrected chi connectivity index (χ4v) is 5.25. The van der Waals surface area contributed by atoms with E-state index in [-0.39, 0.29) is 28.4 Å². The highest BCUT2D eigenvalue weighted by Gasteiger charge is 2.26. The Bertz CT molecular complexity index is 1580. The molecule has 0 aliphatic carbocycles. The van der Waals surface area contributed by atoms with Gasteiger partial charge in [-0.25, -0.2) is 8.78 Å². The molecule has 0 fully saturated rings. The van der Waals surface area contributed by atoms with E-state index >= 15 is 0 Å². The van der Waals surface area contributed by atoms with Gasteiger partial charge in [0, 0.05) is 16.1 Å². The molecule has 0 aromatic heterocycles. The van der Waals surface area contributed by atoms with Gasteiger partial charge in [0.15, 0.2) is 0 Å². The SMILES string of the molecule is C=Cc1ccc(-c2cc(C)ccc2F)c(C(C)C(C)(C)C)c1.Cc1ccc(F)c(-c2ccc(Cl)cc2C(C)C(C)(C)C)c1. The first kappa shape index (κ1) is 34.3. The first-order valence-corrected chi connectivity index (χ1v) is 15.4. The molecule has 4 aromatic carbocycles. The Morgan fingerprint density at radius 1 is 0.605 bits per heavy atom. The van der Waals surface area contributed by atoms with Crippen molar-refractivity contribution in [2.75, 3.05) is 0 Å². The van der Waals surface area contributed by atoms with Crippen molar-refractivity contribution in [3.05, 3.63) is 124 Å². The lowest BCUT2D eigenvalue weighted by Crippen LogP contribution is -2.16. The molecule has 228 valence electrons. The van der Waals surface area contributed by atoms with Crippen LogP contribution in [0.1, 0.15) is 95.0 Å². The predicted octanol–water partition coefficient (Wildman–Crippen LogP) is 13.2. The Labute approximate surface area is 263 Å². The molecule has 4 aromatic rings. The fourth-order valence-electron chi connectivity index (χ4n) is 5.07. The van der Waals surface area contributed by atoms with E-state index < -0.39 is 0 Å². The first-order valence-electron chi connectivity index (χ1n) is 15.0. The second-order valence-electron chi connectivity index (χ2n) is 13.9. The minimum absolute atomic E-state index is 0.0831. The summed E-state index contributed by atoms with van der Waals surface area (Å²) in [5.74, 6) is 0.220. The van der Waals surface area contributed by atoms with Gasteiger partial charge in [-0.3, -0.25) is 0 Å². The van der Waals surface area contributed by atoms with Gasteiger partial charge >= 0.3 is 0 Å². The van der Waals surface area contributed by atoms with E-state index in [2.05, 4.69) is 68.0 Å². The van der Waals surface area contributed by atoms with Crippen LogP contribution in [0.25, 0.3) is 28.3 Å². The molecule has 0 nitrogen and oxygen atoms in total. The first-order chi connectivity index (χ1) is 19.9. The van der Waals surface area contributed by atoms with Crippen molar-refractivity contribution in [3.8, 4) is 22.3 Å². The largest absolute Gasteiger partial charge is 0.206 e. The summed E-state index contributed by atoms with van der Waals surface area (Å²) in [6.45, 7) is 25.4. The number of hydrogen-bond donors (Lipinski definition) is 0. The summed E-state index contributed by atoms with van der Waals surface area (Å²) in [6.07, 6.45) is 1.84. The monoisotopic (exact) mass is 600 g/mol. The standard InChI is InChI=1S/C21H25F.C19H22ClF/c1-7-16-9-10-17(18(13-16)15(3)21(4,5)6)19-12-14(2)8-11-20(19)22;1-12-6-9-18(21)17(10-12)15-8-7-14(20)11-16(15)13(2)19(3,4)5/h7-13,15H,1H2,2-6H3;6-11,13H,1-5H3. The van der Waals surface area contributed by atoms with E-state index in [9.17, 15) is 8.78 Å². The number of halogens is 3. The maximum Gasteiger partial charge on any atom is 0.131 e. The van der Waals surface area contributed by atoms with E-state index in [4.69, 9.17) is 11.6 Å². The number of hydrogen-bond acceptors (Lipinski definition) is 0. The minimum atomic E-state index is -0.190. The van der Waals surface area contributed by atoms with Crippen LogP contribution >= 0.6 is 11.6 Å².